The number of rotatable bonds is 49. The minimum atomic E-state index is -1.12. The van der Waals surface area contributed by atoms with Gasteiger partial charge in [0.25, 0.3) is 0 Å². The Kier molecular flexibility index (Phi) is 47.2. The number of ether oxygens (including phenoxy) is 12. The average Bonchev–Trinajstić information content (AvgIpc) is 3.17. The molecule has 0 rings (SSSR count). The van der Waals surface area contributed by atoms with Gasteiger partial charge in [-0.1, -0.05) is 71.1 Å². The fourth-order valence-electron chi connectivity index (χ4n) is 4.71. The lowest BCUT2D eigenvalue weighted by molar-refractivity contribution is -0.143. The Morgan fingerprint density at radius 1 is 0.345 bits per heavy atom. The largest absolute Gasteiger partial charge is 0.480 e. The molecule has 0 aromatic carbocycles. The molecule has 0 aliphatic heterocycles. The lowest BCUT2D eigenvalue weighted by Gasteiger charge is -2.09. The Morgan fingerprint density at radius 2 is 0.618 bits per heavy atom. The molecule has 328 valence electrons. The summed E-state index contributed by atoms with van der Waals surface area (Å²) in [4.78, 5) is 21.7. The molecule has 0 radical (unpaired) electrons. The van der Waals surface area contributed by atoms with Gasteiger partial charge in [-0.05, 0) is 6.42 Å². The first-order chi connectivity index (χ1) is 27.2. The molecule has 0 aromatic heterocycles. The van der Waals surface area contributed by atoms with E-state index in [-0.39, 0.29) is 6.61 Å². The van der Waals surface area contributed by atoms with Crippen LogP contribution in [0, 0.1) is 0 Å². The summed E-state index contributed by atoms with van der Waals surface area (Å²) in [6.07, 6.45) is 14.8. The van der Waals surface area contributed by atoms with Crippen molar-refractivity contribution < 1.29 is 71.5 Å². The topological polar surface area (TPSA) is 177 Å². The number of hydrogen-bond acceptors (Lipinski definition) is 14. The Hall–Kier alpha value is -1.54. The van der Waals surface area contributed by atoms with E-state index in [4.69, 9.17) is 57.2 Å². The minimum absolute atomic E-state index is 0.300. The molecule has 0 unspecified atom stereocenters. The molecular weight excluding hydrogens is 722 g/mol. The molecule has 0 heterocycles. The molecule has 0 aromatic rings. The number of carboxylic acids is 1. The zero-order valence-electron chi connectivity index (χ0n) is 34.1. The van der Waals surface area contributed by atoms with Crippen LogP contribution in [-0.4, -0.2) is 182 Å². The number of carbonyl (C=O) groups excluding carboxylic acids is 1. The molecule has 0 aliphatic rings. The summed E-state index contributed by atoms with van der Waals surface area (Å²) in [6, 6.07) is 0. The van der Waals surface area contributed by atoms with Crippen LogP contribution in [0.15, 0.2) is 0 Å². The molecule has 2 N–H and O–H groups in total. The number of carbonyl (C=O) groups is 2. The van der Waals surface area contributed by atoms with E-state index < -0.39 is 18.5 Å². The predicted molar refractivity (Wildman–Crippen MR) is 207 cm³/mol. The van der Waals surface area contributed by atoms with Crippen LogP contribution < -0.4 is 5.32 Å². The van der Waals surface area contributed by atoms with E-state index in [9.17, 15) is 9.59 Å². The Balaban J connectivity index is 3.09. The van der Waals surface area contributed by atoms with Gasteiger partial charge in [-0.2, -0.15) is 0 Å². The smallest absolute Gasteiger partial charge is 0.329 e. The highest BCUT2D eigenvalue weighted by atomic mass is 16.6. The third-order valence-corrected chi connectivity index (χ3v) is 7.64. The Bertz CT molecular complexity index is 769. The lowest BCUT2D eigenvalue weighted by atomic mass is 10.1. The molecule has 0 bridgehead atoms. The van der Waals surface area contributed by atoms with Crippen molar-refractivity contribution in [2.75, 3.05) is 165 Å². The van der Waals surface area contributed by atoms with Crippen molar-refractivity contribution in [3.05, 3.63) is 0 Å². The lowest BCUT2D eigenvalue weighted by Crippen LogP contribution is -2.31. The minimum Gasteiger partial charge on any atom is -0.480 e. The summed E-state index contributed by atoms with van der Waals surface area (Å²) in [7, 11) is 0. The van der Waals surface area contributed by atoms with Gasteiger partial charge in [-0.25, -0.2) is 4.79 Å². The fraction of sp³-hybridized carbons (Fsp3) is 0.949. The highest BCUT2D eigenvalue weighted by Gasteiger charge is 2.03. The van der Waals surface area contributed by atoms with E-state index in [1.807, 2.05) is 0 Å². The molecule has 0 saturated carbocycles. The van der Waals surface area contributed by atoms with Crippen LogP contribution in [0.5, 0.6) is 0 Å². The molecule has 0 fully saturated rings. The Labute approximate surface area is 331 Å². The standard InChI is InChI=1S/C39H77NO15/c1-2-3-4-5-6-7-8-9-10-11-12-14-44-16-18-46-20-22-48-24-26-50-28-30-52-32-34-54-35-33-53-31-29-51-27-25-49-23-21-47-19-17-45-15-13-40-38(41)36-55-37-39(42)43/h2-37H2,1H3,(H,40,41)(H,42,43). The van der Waals surface area contributed by atoms with Gasteiger partial charge in [-0.15, -0.1) is 0 Å². The number of hydrogen-bond donors (Lipinski definition) is 2. The highest BCUT2D eigenvalue weighted by molar-refractivity contribution is 5.77. The molecule has 0 aliphatic carbocycles. The van der Waals surface area contributed by atoms with Crippen LogP contribution in [0.25, 0.3) is 0 Å². The maximum Gasteiger partial charge on any atom is 0.329 e. The summed E-state index contributed by atoms with van der Waals surface area (Å²) < 4.78 is 65.0. The highest BCUT2D eigenvalue weighted by Crippen LogP contribution is 2.11. The summed E-state index contributed by atoms with van der Waals surface area (Å²) in [6.45, 7) is 12.8. The van der Waals surface area contributed by atoms with E-state index in [0.29, 0.717) is 145 Å². The predicted octanol–water partition coefficient (Wildman–Crippen LogP) is 3.70. The van der Waals surface area contributed by atoms with Crippen LogP contribution in [0.1, 0.15) is 77.6 Å². The number of unbranched alkanes of at least 4 members (excludes halogenated alkanes) is 10. The maximum atomic E-state index is 11.4. The van der Waals surface area contributed by atoms with Crippen molar-refractivity contribution in [3.63, 3.8) is 0 Å². The van der Waals surface area contributed by atoms with Gasteiger partial charge in [0.05, 0.1) is 139 Å². The molecule has 55 heavy (non-hydrogen) atoms. The fourth-order valence-corrected chi connectivity index (χ4v) is 4.71. The summed E-state index contributed by atoms with van der Waals surface area (Å²) in [5.74, 6) is -1.52. The van der Waals surface area contributed by atoms with Crippen LogP contribution in [0.4, 0.5) is 0 Å². The third-order valence-electron chi connectivity index (χ3n) is 7.64. The summed E-state index contributed by atoms with van der Waals surface area (Å²) in [5, 5.41) is 11.0. The third kappa shape index (κ3) is 50.4. The summed E-state index contributed by atoms with van der Waals surface area (Å²) in [5.41, 5.74) is 0. The SMILES string of the molecule is CCCCCCCCCCCCCOCCOCCOCCOCCOCCOCCOCCOCCOCCOCCOCCNC(=O)COCC(=O)O. The van der Waals surface area contributed by atoms with E-state index >= 15 is 0 Å². The average molecular weight is 800 g/mol. The van der Waals surface area contributed by atoms with Crippen LogP contribution in [0.2, 0.25) is 0 Å². The molecule has 16 heteroatoms. The molecule has 0 spiro atoms. The number of aliphatic carboxylic acids is 1. The van der Waals surface area contributed by atoms with E-state index in [0.717, 1.165) is 13.0 Å². The van der Waals surface area contributed by atoms with Crippen molar-refractivity contribution in [2.24, 2.45) is 0 Å². The van der Waals surface area contributed by atoms with Crippen LogP contribution in [0.3, 0.4) is 0 Å². The maximum absolute atomic E-state index is 11.4. The van der Waals surface area contributed by atoms with Crippen LogP contribution in [-0.2, 0) is 66.4 Å². The zero-order valence-corrected chi connectivity index (χ0v) is 34.1. The monoisotopic (exact) mass is 800 g/mol. The van der Waals surface area contributed by atoms with Crippen LogP contribution >= 0.6 is 0 Å². The second kappa shape index (κ2) is 48.6. The van der Waals surface area contributed by atoms with Crippen molar-refractivity contribution in [3.8, 4) is 0 Å². The van der Waals surface area contributed by atoms with Gasteiger partial charge < -0.3 is 67.3 Å². The van der Waals surface area contributed by atoms with Gasteiger partial charge in [0, 0.05) is 13.2 Å². The molecule has 16 nitrogen and oxygen atoms in total. The zero-order chi connectivity index (χ0) is 39.8. The Morgan fingerprint density at radius 3 is 0.927 bits per heavy atom. The normalized spacial score (nSPS) is 11.4. The first-order valence-corrected chi connectivity index (χ1v) is 20.6. The molecule has 1 amide bonds. The van der Waals surface area contributed by atoms with Gasteiger partial charge in [0.15, 0.2) is 0 Å². The molecular formula is C39H77NO15. The van der Waals surface area contributed by atoms with Crippen molar-refractivity contribution >= 4 is 11.9 Å². The number of carboxylic acid groups (broad SMARTS) is 1. The van der Waals surface area contributed by atoms with E-state index in [1.165, 1.54) is 64.2 Å². The summed E-state index contributed by atoms with van der Waals surface area (Å²) >= 11 is 0. The molecule has 0 saturated heterocycles. The van der Waals surface area contributed by atoms with E-state index in [2.05, 4.69) is 17.0 Å². The number of amides is 1. The van der Waals surface area contributed by atoms with Gasteiger partial charge >= 0.3 is 5.97 Å². The first-order valence-electron chi connectivity index (χ1n) is 20.6. The van der Waals surface area contributed by atoms with Crippen molar-refractivity contribution in [1.29, 1.82) is 0 Å². The van der Waals surface area contributed by atoms with Crippen molar-refractivity contribution in [1.82, 2.24) is 5.32 Å². The number of nitrogens with one attached hydrogen (secondary N) is 1. The van der Waals surface area contributed by atoms with Gasteiger partial charge in [-0.3, -0.25) is 4.79 Å². The van der Waals surface area contributed by atoms with Gasteiger partial charge in [0.1, 0.15) is 13.2 Å². The quantitative estimate of drug-likeness (QED) is 0.0852. The van der Waals surface area contributed by atoms with Crippen molar-refractivity contribution in [2.45, 2.75) is 77.6 Å². The van der Waals surface area contributed by atoms with Gasteiger partial charge in [0.2, 0.25) is 5.91 Å². The molecule has 0 atom stereocenters. The first kappa shape index (κ1) is 53.5. The van der Waals surface area contributed by atoms with E-state index in [1.54, 1.807) is 0 Å². The second-order valence-corrected chi connectivity index (χ2v) is 12.5. The second-order valence-electron chi connectivity index (χ2n) is 12.5.